The molecule has 0 spiro atoms. The summed E-state index contributed by atoms with van der Waals surface area (Å²) in [5.41, 5.74) is 2.58. The highest BCUT2D eigenvalue weighted by Gasteiger charge is 2.37. The third kappa shape index (κ3) is 4.04. The highest BCUT2D eigenvalue weighted by molar-refractivity contribution is 5.16. The van der Waals surface area contributed by atoms with Gasteiger partial charge >= 0.3 is 0 Å². The Morgan fingerprint density at radius 3 is 2.00 bits per heavy atom. The van der Waals surface area contributed by atoms with E-state index in [2.05, 4.69) is 71.4 Å². The molecule has 0 aliphatic carbocycles. The number of hydrogen-bond acceptors (Lipinski definition) is 3. The van der Waals surface area contributed by atoms with Gasteiger partial charge in [0.25, 0.3) is 0 Å². The van der Waals surface area contributed by atoms with Crippen molar-refractivity contribution >= 4 is 0 Å². The molecular weight excluding hydrogens is 296 g/mol. The molecule has 1 saturated heterocycles. The van der Waals surface area contributed by atoms with Crippen LogP contribution in [0.15, 0.2) is 60.7 Å². The van der Waals surface area contributed by atoms with Crippen LogP contribution in [0.2, 0.25) is 0 Å². The highest BCUT2D eigenvalue weighted by Crippen LogP contribution is 2.29. The van der Waals surface area contributed by atoms with Crippen LogP contribution in [0, 0.1) is 0 Å². The summed E-state index contributed by atoms with van der Waals surface area (Å²) in [5.74, 6) is 0. The summed E-state index contributed by atoms with van der Waals surface area (Å²) >= 11 is 0. The molecule has 0 aromatic heterocycles. The van der Waals surface area contributed by atoms with Crippen molar-refractivity contribution in [3.05, 3.63) is 71.8 Å². The van der Waals surface area contributed by atoms with Crippen molar-refractivity contribution in [2.24, 2.45) is 0 Å². The van der Waals surface area contributed by atoms with Crippen molar-refractivity contribution in [2.75, 3.05) is 26.7 Å². The van der Waals surface area contributed by atoms with Crippen LogP contribution in [-0.2, 0) is 13.1 Å². The van der Waals surface area contributed by atoms with Gasteiger partial charge in [0.15, 0.2) is 0 Å². The third-order valence-electron chi connectivity index (χ3n) is 5.40. The van der Waals surface area contributed by atoms with Gasteiger partial charge in [-0.2, -0.15) is 0 Å². The minimum atomic E-state index is -0.0942. The van der Waals surface area contributed by atoms with Gasteiger partial charge in [-0.3, -0.25) is 9.80 Å². The zero-order chi connectivity index (χ0) is 16.8. The summed E-state index contributed by atoms with van der Waals surface area (Å²) in [6.45, 7) is 4.20. The van der Waals surface area contributed by atoms with Gasteiger partial charge in [0.1, 0.15) is 0 Å². The molecule has 2 aromatic rings. The highest BCUT2D eigenvalue weighted by atomic mass is 16.3. The van der Waals surface area contributed by atoms with E-state index in [-0.39, 0.29) is 12.1 Å². The Morgan fingerprint density at radius 1 is 0.917 bits per heavy atom. The quantitative estimate of drug-likeness (QED) is 0.884. The number of benzene rings is 2. The summed E-state index contributed by atoms with van der Waals surface area (Å²) in [5, 5.41) is 10.1. The Kier molecular flexibility index (Phi) is 5.67. The molecule has 24 heavy (non-hydrogen) atoms. The summed E-state index contributed by atoms with van der Waals surface area (Å²) in [6.07, 6.45) is 2.03. The largest absolute Gasteiger partial charge is 0.394 e. The number of rotatable bonds is 6. The number of aliphatic hydroxyl groups is 1. The Morgan fingerprint density at radius 2 is 1.46 bits per heavy atom. The van der Waals surface area contributed by atoms with E-state index in [9.17, 15) is 5.11 Å². The van der Waals surface area contributed by atoms with Gasteiger partial charge in [0.05, 0.1) is 6.61 Å². The number of likely N-dealkylation sites (N-methyl/N-ethyl adjacent to an activating group) is 1. The number of nitrogens with zero attached hydrogens (tertiary/aromatic N) is 2. The molecule has 0 saturated carbocycles. The Labute approximate surface area is 145 Å². The lowest BCUT2D eigenvalue weighted by molar-refractivity contribution is -0.0109. The van der Waals surface area contributed by atoms with Crippen LogP contribution in [0.5, 0.6) is 0 Å². The van der Waals surface area contributed by atoms with Gasteiger partial charge in [-0.1, -0.05) is 60.7 Å². The molecule has 0 amide bonds. The standard InChI is InChI=1S/C21H28N2O/c1-22(16-19-8-4-2-5-9-19)21(18-24)12-14-23(15-13-21)17-20-10-6-3-7-11-20/h2-11,24H,12-18H2,1H3. The maximum atomic E-state index is 10.1. The summed E-state index contributed by atoms with van der Waals surface area (Å²) in [4.78, 5) is 4.85. The number of likely N-dealkylation sites (tertiary alicyclic amines) is 1. The average Bonchev–Trinajstić information content (AvgIpc) is 2.64. The Bertz CT molecular complexity index is 606. The van der Waals surface area contributed by atoms with E-state index in [1.165, 1.54) is 11.1 Å². The van der Waals surface area contributed by atoms with Gasteiger partial charge in [-0.25, -0.2) is 0 Å². The first-order valence-corrected chi connectivity index (χ1v) is 8.84. The van der Waals surface area contributed by atoms with Gasteiger partial charge in [-0.05, 0) is 31.0 Å². The van der Waals surface area contributed by atoms with E-state index in [4.69, 9.17) is 0 Å². The summed E-state index contributed by atoms with van der Waals surface area (Å²) in [6, 6.07) is 21.2. The average molecular weight is 324 g/mol. The molecule has 3 heteroatoms. The molecule has 128 valence electrons. The summed E-state index contributed by atoms with van der Waals surface area (Å²) in [7, 11) is 2.15. The molecule has 1 aliphatic rings. The Balaban J connectivity index is 1.59. The fraction of sp³-hybridized carbons (Fsp3) is 0.429. The molecule has 0 radical (unpaired) electrons. The molecule has 0 bridgehead atoms. The molecular formula is C21H28N2O. The van der Waals surface area contributed by atoms with Gasteiger partial charge in [-0.15, -0.1) is 0 Å². The maximum absolute atomic E-state index is 10.1. The first kappa shape index (κ1) is 17.2. The molecule has 1 heterocycles. The predicted octanol–water partition coefficient (Wildman–Crippen LogP) is 3.15. The lowest BCUT2D eigenvalue weighted by Gasteiger charge is -2.46. The smallest absolute Gasteiger partial charge is 0.0616 e. The molecule has 0 unspecified atom stereocenters. The Hall–Kier alpha value is -1.68. The minimum Gasteiger partial charge on any atom is -0.394 e. The minimum absolute atomic E-state index is 0.0942. The lowest BCUT2D eigenvalue weighted by atomic mass is 9.86. The van der Waals surface area contributed by atoms with Crippen molar-refractivity contribution in [3.63, 3.8) is 0 Å². The molecule has 2 aromatic carbocycles. The third-order valence-corrected chi connectivity index (χ3v) is 5.40. The number of aliphatic hydroxyl groups excluding tert-OH is 1. The van der Waals surface area contributed by atoms with E-state index in [0.717, 1.165) is 39.0 Å². The fourth-order valence-corrected chi connectivity index (χ4v) is 3.65. The van der Waals surface area contributed by atoms with E-state index in [0.29, 0.717) is 0 Å². The first-order valence-electron chi connectivity index (χ1n) is 8.84. The van der Waals surface area contributed by atoms with Crippen LogP contribution in [0.25, 0.3) is 0 Å². The van der Waals surface area contributed by atoms with E-state index < -0.39 is 0 Å². The molecule has 3 nitrogen and oxygen atoms in total. The van der Waals surface area contributed by atoms with E-state index in [1.54, 1.807) is 0 Å². The van der Waals surface area contributed by atoms with E-state index >= 15 is 0 Å². The van der Waals surface area contributed by atoms with Crippen molar-refractivity contribution in [1.29, 1.82) is 0 Å². The predicted molar refractivity (Wildman–Crippen MR) is 98.7 cm³/mol. The van der Waals surface area contributed by atoms with Crippen LogP contribution in [0.3, 0.4) is 0 Å². The second-order valence-corrected chi connectivity index (χ2v) is 6.99. The zero-order valence-corrected chi connectivity index (χ0v) is 14.6. The molecule has 1 fully saturated rings. The van der Waals surface area contributed by atoms with Crippen LogP contribution in [-0.4, -0.2) is 47.2 Å². The second-order valence-electron chi connectivity index (χ2n) is 6.99. The fourth-order valence-electron chi connectivity index (χ4n) is 3.65. The molecule has 1 N–H and O–H groups in total. The van der Waals surface area contributed by atoms with Crippen molar-refractivity contribution < 1.29 is 5.11 Å². The zero-order valence-electron chi connectivity index (χ0n) is 14.6. The topological polar surface area (TPSA) is 26.7 Å². The number of hydrogen-bond donors (Lipinski definition) is 1. The van der Waals surface area contributed by atoms with Crippen molar-refractivity contribution in [2.45, 2.75) is 31.5 Å². The van der Waals surface area contributed by atoms with Crippen LogP contribution in [0.1, 0.15) is 24.0 Å². The number of piperidine rings is 1. The second kappa shape index (κ2) is 7.93. The molecule has 1 aliphatic heterocycles. The maximum Gasteiger partial charge on any atom is 0.0616 e. The van der Waals surface area contributed by atoms with Crippen molar-refractivity contribution in [3.8, 4) is 0 Å². The first-order chi connectivity index (χ1) is 11.7. The monoisotopic (exact) mass is 324 g/mol. The molecule has 0 atom stereocenters. The van der Waals surface area contributed by atoms with Crippen LogP contribution in [0.4, 0.5) is 0 Å². The van der Waals surface area contributed by atoms with Gasteiger partial charge in [0.2, 0.25) is 0 Å². The van der Waals surface area contributed by atoms with Gasteiger partial charge < -0.3 is 5.11 Å². The lowest BCUT2D eigenvalue weighted by Crippen LogP contribution is -2.55. The molecule has 3 rings (SSSR count). The van der Waals surface area contributed by atoms with Crippen LogP contribution < -0.4 is 0 Å². The van der Waals surface area contributed by atoms with Crippen LogP contribution >= 0.6 is 0 Å². The summed E-state index contributed by atoms with van der Waals surface area (Å²) < 4.78 is 0. The van der Waals surface area contributed by atoms with Crippen molar-refractivity contribution in [1.82, 2.24) is 9.80 Å². The normalized spacial score (nSPS) is 18.0. The SMILES string of the molecule is CN(Cc1ccccc1)C1(CO)CCN(Cc2ccccc2)CC1. The van der Waals surface area contributed by atoms with E-state index in [1.807, 2.05) is 6.07 Å². The van der Waals surface area contributed by atoms with Gasteiger partial charge in [0, 0.05) is 31.7 Å².